The van der Waals surface area contributed by atoms with Crippen LogP contribution in [0.3, 0.4) is 0 Å². The summed E-state index contributed by atoms with van der Waals surface area (Å²) in [6.45, 7) is 5.70. The molecule has 1 saturated heterocycles. The van der Waals surface area contributed by atoms with Gasteiger partial charge in [-0.1, -0.05) is 66.9 Å². The second kappa shape index (κ2) is 10.3. The molecule has 1 aliphatic rings. The third-order valence-electron chi connectivity index (χ3n) is 5.42. The molecule has 0 radical (unpaired) electrons. The average molecular weight is 461 g/mol. The Labute approximate surface area is 192 Å². The van der Waals surface area contributed by atoms with Crippen LogP contribution in [0.5, 0.6) is 0 Å². The zero-order chi connectivity index (χ0) is 22.5. The van der Waals surface area contributed by atoms with Gasteiger partial charge in [0.1, 0.15) is 18.2 Å². The molecule has 2 aromatic rings. The molecule has 2 amide bonds. The smallest absolute Gasteiger partial charge is 0.253 e. The van der Waals surface area contributed by atoms with Crippen LogP contribution >= 0.6 is 23.2 Å². The van der Waals surface area contributed by atoms with Gasteiger partial charge in [0.25, 0.3) is 5.91 Å². The molecule has 0 aliphatic carbocycles. The molecule has 164 valence electrons. The fourth-order valence-electron chi connectivity index (χ4n) is 4.05. The van der Waals surface area contributed by atoms with Crippen LogP contribution in [0.15, 0.2) is 61.2 Å². The number of benzene rings is 2. The normalized spacial score (nSPS) is 22.2. The molecule has 7 heteroatoms. The zero-order valence-corrected chi connectivity index (χ0v) is 18.9. The number of nitrogens with two attached hydrogens (primary N) is 1. The molecule has 0 spiro atoms. The standard InChI is InChI=1S/C24H26Cl2N2O3/c1-3-6-19(23(27)29)28-21(15-10-12-17(25)13-11-15)22(16-8-5-9-18(26)14-16)31-20(7-4-2)24(28)30/h4-5,8-14,19-22H,2-3,6-7H2,1H3,(H2,27,29)/t19-,20-,21+,22-/m1/s1. The maximum absolute atomic E-state index is 13.5. The largest absolute Gasteiger partial charge is 0.368 e. The van der Waals surface area contributed by atoms with E-state index in [1.165, 1.54) is 0 Å². The Morgan fingerprint density at radius 2 is 1.90 bits per heavy atom. The predicted octanol–water partition coefficient (Wildman–Crippen LogP) is 5.23. The molecule has 2 N–H and O–H groups in total. The van der Waals surface area contributed by atoms with Gasteiger partial charge in [0.05, 0.1) is 6.04 Å². The van der Waals surface area contributed by atoms with Crippen LogP contribution < -0.4 is 5.73 Å². The minimum absolute atomic E-state index is 0.282. The van der Waals surface area contributed by atoms with Crippen molar-refractivity contribution in [1.82, 2.24) is 4.90 Å². The zero-order valence-electron chi connectivity index (χ0n) is 17.3. The molecular weight excluding hydrogens is 435 g/mol. The number of amides is 2. The Morgan fingerprint density at radius 1 is 1.19 bits per heavy atom. The van der Waals surface area contributed by atoms with E-state index in [0.29, 0.717) is 29.3 Å². The Hall–Kier alpha value is -2.34. The van der Waals surface area contributed by atoms with E-state index in [9.17, 15) is 9.59 Å². The molecule has 3 rings (SSSR count). The predicted molar refractivity (Wildman–Crippen MR) is 123 cm³/mol. The molecular formula is C24H26Cl2N2O3. The first-order valence-electron chi connectivity index (χ1n) is 10.3. The van der Waals surface area contributed by atoms with E-state index >= 15 is 0 Å². The van der Waals surface area contributed by atoms with E-state index in [2.05, 4.69) is 6.58 Å². The molecule has 0 saturated carbocycles. The van der Waals surface area contributed by atoms with Gasteiger partial charge in [-0.3, -0.25) is 9.59 Å². The van der Waals surface area contributed by atoms with Crippen molar-refractivity contribution in [3.8, 4) is 0 Å². The summed E-state index contributed by atoms with van der Waals surface area (Å²) in [6, 6.07) is 13.2. The van der Waals surface area contributed by atoms with Crippen molar-refractivity contribution in [2.45, 2.75) is 50.5 Å². The fraction of sp³-hybridized carbons (Fsp3) is 0.333. The lowest BCUT2D eigenvalue weighted by molar-refractivity contribution is -0.180. The summed E-state index contributed by atoms with van der Waals surface area (Å²) in [4.78, 5) is 27.6. The fourth-order valence-corrected chi connectivity index (χ4v) is 4.37. The second-order valence-electron chi connectivity index (χ2n) is 7.57. The van der Waals surface area contributed by atoms with Crippen molar-refractivity contribution in [3.63, 3.8) is 0 Å². The summed E-state index contributed by atoms with van der Waals surface area (Å²) in [7, 11) is 0. The van der Waals surface area contributed by atoms with E-state index in [1.807, 2.05) is 37.3 Å². The summed E-state index contributed by atoms with van der Waals surface area (Å²) in [6.07, 6.45) is 1.77. The van der Waals surface area contributed by atoms with E-state index in [1.54, 1.807) is 29.2 Å². The van der Waals surface area contributed by atoms with E-state index in [-0.39, 0.29) is 5.91 Å². The molecule has 1 heterocycles. The summed E-state index contributed by atoms with van der Waals surface area (Å²) < 4.78 is 6.31. The van der Waals surface area contributed by atoms with Crippen LogP contribution in [0.25, 0.3) is 0 Å². The van der Waals surface area contributed by atoms with E-state index in [0.717, 1.165) is 11.1 Å². The van der Waals surface area contributed by atoms with Gasteiger partial charge in [0, 0.05) is 16.5 Å². The first kappa shape index (κ1) is 23.3. The number of nitrogens with zero attached hydrogens (tertiary/aromatic N) is 1. The van der Waals surface area contributed by atoms with Crippen molar-refractivity contribution in [2.24, 2.45) is 5.73 Å². The number of hydrogen-bond donors (Lipinski definition) is 1. The number of primary amides is 1. The highest BCUT2D eigenvalue weighted by Gasteiger charge is 2.47. The number of rotatable bonds is 8. The van der Waals surface area contributed by atoms with Crippen LogP contribution in [0.1, 0.15) is 49.5 Å². The maximum Gasteiger partial charge on any atom is 0.253 e. The number of hydrogen-bond acceptors (Lipinski definition) is 3. The summed E-state index contributed by atoms with van der Waals surface area (Å²) >= 11 is 12.4. The Balaban J connectivity index is 2.20. The maximum atomic E-state index is 13.5. The second-order valence-corrected chi connectivity index (χ2v) is 8.45. The van der Waals surface area contributed by atoms with E-state index in [4.69, 9.17) is 33.7 Å². The molecule has 5 nitrogen and oxygen atoms in total. The van der Waals surface area contributed by atoms with Gasteiger partial charge in [-0.05, 0) is 41.8 Å². The van der Waals surface area contributed by atoms with Gasteiger partial charge in [-0.2, -0.15) is 0 Å². The van der Waals surface area contributed by atoms with Crippen LogP contribution in [-0.4, -0.2) is 28.9 Å². The van der Waals surface area contributed by atoms with Crippen molar-refractivity contribution in [2.75, 3.05) is 0 Å². The summed E-state index contributed by atoms with van der Waals surface area (Å²) in [5.74, 6) is -0.825. The molecule has 1 fully saturated rings. The average Bonchev–Trinajstić information content (AvgIpc) is 2.74. The number of carbonyl (C=O) groups excluding carboxylic acids is 2. The van der Waals surface area contributed by atoms with Gasteiger partial charge in [-0.15, -0.1) is 6.58 Å². The molecule has 0 unspecified atom stereocenters. The first-order chi connectivity index (χ1) is 14.9. The lowest BCUT2D eigenvalue weighted by Gasteiger charge is -2.47. The van der Waals surface area contributed by atoms with Crippen molar-refractivity contribution in [1.29, 1.82) is 0 Å². The number of halogens is 2. The highest BCUT2D eigenvalue weighted by molar-refractivity contribution is 6.30. The van der Waals surface area contributed by atoms with Crippen LogP contribution in [0.4, 0.5) is 0 Å². The molecule has 4 atom stereocenters. The van der Waals surface area contributed by atoms with Gasteiger partial charge in [-0.25, -0.2) is 0 Å². The Morgan fingerprint density at radius 3 is 2.48 bits per heavy atom. The van der Waals surface area contributed by atoms with Gasteiger partial charge in [0.2, 0.25) is 5.91 Å². The molecule has 2 aromatic carbocycles. The van der Waals surface area contributed by atoms with Crippen LogP contribution in [0.2, 0.25) is 10.0 Å². The third kappa shape index (κ3) is 5.12. The summed E-state index contributed by atoms with van der Waals surface area (Å²) in [5.41, 5.74) is 7.37. The quantitative estimate of drug-likeness (QED) is 0.547. The van der Waals surface area contributed by atoms with Gasteiger partial charge >= 0.3 is 0 Å². The van der Waals surface area contributed by atoms with Crippen LogP contribution in [-0.2, 0) is 14.3 Å². The minimum atomic E-state index is -0.774. The highest BCUT2D eigenvalue weighted by Crippen LogP contribution is 2.44. The number of carbonyl (C=O) groups is 2. The number of morpholine rings is 1. The third-order valence-corrected chi connectivity index (χ3v) is 5.91. The SMILES string of the molecule is C=CC[C@H]1O[C@H](c2cccc(Cl)c2)[C@H](c2ccc(Cl)cc2)N([C@H](CCC)C(N)=O)C1=O. The molecule has 0 aromatic heterocycles. The van der Waals surface area contributed by atoms with E-state index < -0.39 is 30.2 Å². The van der Waals surface area contributed by atoms with Crippen molar-refractivity contribution >= 4 is 35.0 Å². The minimum Gasteiger partial charge on any atom is -0.368 e. The van der Waals surface area contributed by atoms with Crippen LogP contribution in [0, 0.1) is 0 Å². The topological polar surface area (TPSA) is 72.6 Å². The van der Waals surface area contributed by atoms with Gasteiger partial charge < -0.3 is 15.4 Å². The number of ether oxygens (including phenoxy) is 1. The molecule has 31 heavy (non-hydrogen) atoms. The van der Waals surface area contributed by atoms with Gasteiger partial charge in [0.15, 0.2) is 0 Å². The highest BCUT2D eigenvalue weighted by atomic mass is 35.5. The van der Waals surface area contributed by atoms with Crippen molar-refractivity contribution < 1.29 is 14.3 Å². The molecule has 1 aliphatic heterocycles. The summed E-state index contributed by atoms with van der Waals surface area (Å²) in [5, 5.41) is 1.13. The monoisotopic (exact) mass is 460 g/mol. The molecule has 0 bridgehead atoms. The Kier molecular flexibility index (Phi) is 7.76. The van der Waals surface area contributed by atoms with Crippen molar-refractivity contribution in [3.05, 3.63) is 82.4 Å². The lowest BCUT2D eigenvalue weighted by Crippen LogP contribution is -2.58. The lowest BCUT2D eigenvalue weighted by atomic mass is 9.89. The Bertz CT molecular complexity index is 948. The first-order valence-corrected chi connectivity index (χ1v) is 11.0.